The molecular weight excluding hydrogens is 265 g/mol. The summed E-state index contributed by atoms with van der Waals surface area (Å²) in [6.45, 7) is 0. The van der Waals surface area contributed by atoms with Crippen LogP contribution in [0, 0.1) is 5.82 Å². The Kier molecular flexibility index (Phi) is 4.40. The van der Waals surface area contributed by atoms with Crippen LogP contribution in [0.25, 0.3) is 0 Å². The van der Waals surface area contributed by atoms with Crippen molar-refractivity contribution in [2.24, 2.45) is 0 Å². The number of halogens is 2. The van der Waals surface area contributed by atoms with E-state index < -0.39 is 0 Å². The van der Waals surface area contributed by atoms with Gasteiger partial charge in [-0.3, -0.25) is 0 Å². The fourth-order valence-corrected chi connectivity index (χ4v) is 2.32. The second-order valence-electron chi connectivity index (χ2n) is 4.38. The van der Waals surface area contributed by atoms with Gasteiger partial charge < -0.3 is 10.4 Å². The Morgan fingerprint density at radius 2 is 1.89 bits per heavy atom. The second kappa shape index (κ2) is 6.04. The summed E-state index contributed by atoms with van der Waals surface area (Å²) in [5, 5.41) is 12.8. The Morgan fingerprint density at radius 3 is 2.47 bits per heavy atom. The summed E-state index contributed by atoms with van der Waals surface area (Å²) in [5.41, 5.74) is 1.93. The lowest BCUT2D eigenvalue weighted by molar-refractivity contribution is 0.475. The molecule has 2 aromatic rings. The van der Waals surface area contributed by atoms with Crippen molar-refractivity contribution in [2.75, 3.05) is 7.05 Å². The van der Waals surface area contributed by atoms with Gasteiger partial charge in [-0.05, 0) is 48.9 Å². The molecule has 0 fully saturated rings. The van der Waals surface area contributed by atoms with Gasteiger partial charge in [0, 0.05) is 11.1 Å². The average Bonchev–Trinajstić information content (AvgIpc) is 2.39. The molecule has 0 aliphatic heterocycles. The average molecular weight is 280 g/mol. The van der Waals surface area contributed by atoms with Gasteiger partial charge in [-0.15, -0.1) is 0 Å². The molecule has 0 heterocycles. The van der Waals surface area contributed by atoms with Gasteiger partial charge in [0.25, 0.3) is 0 Å². The first-order chi connectivity index (χ1) is 9.10. The molecule has 0 saturated carbocycles. The number of likely N-dealkylation sites (N-methyl/N-ethyl adjacent to an activating group) is 1. The Labute approximate surface area is 116 Å². The van der Waals surface area contributed by atoms with Gasteiger partial charge in [0.1, 0.15) is 11.6 Å². The SMILES string of the molecule is CNC(Cc1ccc(O)cc1)c1ccc(F)cc1Cl. The summed E-state index contributed by atoms with van der Waals surface area (Å²) in [5.74, 6) is -0.0993. The molecule has 0 radical (unpaired) electrons. The summed E-state index contributed by atoms with van der Waals surface area (Å²) in [4.78, 5) is 0. The lowest BCUT2D eigenvalue weighted by Crippen LogP contribution is -2.19. The smallest absolute Gasteiger partial charge is 0.124 e. The van der Waals surface area contributed by atoms with Crippen molar-refractivity contribution in [3.63, 3.8) is 0 Å². The van der Waals surface area contributed by atoms with Gasteiger partial charge in [0.2, 0.25) is 0 Å². The number of rotatable bonds is 4. The molecule has 1 atom stereocenters. The predicted octanol–water partition coefficient (Wildman–Crippen LogP) is 3.69. The van der Waals surface area contributed by atoms with E-state index in [-0.39, 0.29) is 17.6 Å². The minimum Gasteiger partial charge on any atom is -0.508 e. The first-order valence-electron chi connectivity index (χ1n) is 6.00. The molecule has 0 aliphatic carbocycles. The molecule has 2 N–H and O–H groups in total. The van der Waals surface area contributed by atoms with Crippen molar-refractivity contribution in [1.82, 2.24) is 5.32 Å². The van der Waals surface area contributed by atoms with E-state index in [9.17, 15) is 9.50 Å². The summed E-state index contributed by atoms with van der Waals surface area (Å²) >= 11 is 6.07. The molecule has 2 nitrogen and oxygen atoms in total. The fraction of sp³-hybridized carbons (Fsp3) is 0.200. The lowest BCUT2D eigenvalue weighted by Gasteiger charge is -2.18. The summed E-state index contributed by atoms with van der Waals surface area (Å²) in [6, 6.07) is 11.4. The van der Waals surface area contributed by atoms with Crippen LogP contribution in [0.5, 0.6) is 5.75 Å². The van der Waals surface area contributed by atoms with Crippen molar-refractivity contribution in [2.45, 2.75) is 12.5 Å². The molecule has 0 aliphatic rings. The van der Waals surface area contributed by atoms with Crippen LogP contribution in [0.2, 0.25) is 5.02 Å². The lowest BCUT2D eigenvalue weighted by atomic mass is 9.99. The minimum absolute atomic E-state index is 0.00218. The van der Waals surface area contributed by atoms with Gasteiger partial charge in [0.15, 0.2) is 0 Å². The highest BCUT2D eigenvalue weighted by Crippen LogP contribution is 2.26. The highest BCUT2D eigenvalue weighted by atomic mass is 35.5. The second-order valence-corrected chi connectivity index (χ2v) is 4.78. The molecule has 19 heavy (non-hydrogen) atoms. The standard InChI is InChI=1S/C15H15ClFNO/c1-18-15(8-10-2-5-12(19)6-3-10)13-7-4-11(17)9-14(13)16/h2-7,9,15,18-19H,8H2,1H3. The van der Waals surface area contributed by atoms with Crippen LogP contribution in [0.4, 0.5) is 4.39 Å². The molecule has 4 heteroatoms. The van der Waals surface area contributed by atoms with Crippen molar-refractivity contribution in [3.8, 4) is 5.75 Å². The molecule has 0 saturated heterocycles. The molecule has 1 unspecified atom stereocenters. The van der Waals surface area contributed by atoms with Crippen molar-refractivity contribution >= 4 is 11.6 Å². The number of hydrogen-bond donors (Lipinski definition) is 2. The van der Waals surface area contributed by atoms with Crippen LogP contribution < -0.4 is 5.32 Å². The third-order valence-electron chi connectivity index (χ3n) is 3.06. The highest BCUT2D eigenvalue weighted by molar-refractivity contribution is 6.31. The van der Waals surface area contributed by atoms with E-state index >= 15 is 0 Å². The Bertz CT molecular complexity index is 557. The van der Waals surface area contributed by atoms with Crippen LogP contribution in [0.3, 0.4) is 0 Å². The van der Waals surface area contributed by atoms with Crippen molar-refractivity contribution in [3.05, 3.63) is 64.4 Å². The monoisotopic (exact) mass is 279 g/mol. The first kappa shape index (κ1) is 13.8. The number of nitrogens with one attached hydrogen (secondary N) is 1. The van der Waals surface area contributed by atoms with Gasteiger partial charge in [-0.1, -0.05) is 29.8 Å². The van der Waals surface area contributed by atoms with Crippen LogP contribution in [-0.4, -0.2) is 12.2 Å². The largest absolute Gasteiger partial charge is 0.508 e. The minimum atomic E-state index is -0.340. The van der Waals surface area contributed by atoms with E-state index in [4.69, 9.17) is 11.6 Å². The maximum absolute atomic E-state index is 13.1. The molecule has 0 amide bonds. The predicted molar refractivity (Wildman–Crippen MR) is 75.0 cm³/mol. The quantitative estimate of drug-likeness (QED) is 0.895. The zero-order chi connectivity index (χ0) is 13.8. The van der Waals surface area contributed by atoms with E-state index in [1.807, 2.05) is 19.2 Å². The van der Waals surface area contributed by atoms with E-state index in [1.165, 1.54) is 12.1 Å². The first-order valence-corrected chi connectivity index (χ1v) is 6.38. The normalized spacial score (nSPS) is 12.4. The van der Waals surface area contributed by atoms with Gasteiger partial charge in [0.05, 0.1) is 0 Å². The van der Waals surface area contributed by atoms with Crippen LogP contribution in [0.1, 0.15) is 17.2 Å². The highest BCUT2D eigenvalue weighted by Gasteiger charge is 2.14. The Morgan fingerprint density at radius 1 is 1.21 bits per heavy atom. The molecular formula is C15H15ClFNO. The molecule has 0 bridgehead atoms. The number of hydrogen-bond acceptors (Lipinski definition) is 2. The van der Waals surface area contributed by atoms with E-state index in [2.05, 4.69) is 5.32 Å². The topological polar surface area (TPSA) is 32.3 Å². The van der Waals surface area contributed by atoms with Crippen LogP contribution in [0.15, 0.2) is 42.5 Å². The summed E-state index contributed by atoms with van der Waals surface area (Å²) in [6.07, 6.45) is 0.710. The van der Waals surface area contributed by atoms with E-state index in [0.717, 1.165) is 11.1 Å². The number of aromatic hydroxyl groups is 1. The van der Waals surface area contributed by atoms with Gasteiger partial charge in [-0.25, -0.2) is 4.39 Å². The Balaban J connectivity index is 2.22. The maximum atomic E-state index is 13.1. The van der Waals surface area contributed by atoms with Crippen LogP contribution in [-0.2, 0) is 6.42 Å². The zero-order valence-electron chi connectivity index (χ0n) is 10.5. The Hall–Kier alpha value is -1.58. The van der Waals surface area contributed by atoms with Gasteiger partial charge in [-0.2, -0.15) is 0 Å². The van der Waals surface area contributed by atoms with Gasteiger partial charge >= 0.3 is 0 Å². The van der Waals surface area contributed by atoms with Crippen molar-refractivity contribution in [1.29, 1.82) is 0 Å². The zero-order valence-corrected chi connectivity index (χ0v) is 11.3. The third-order valence-corrected chi connectivity index (χ3v) is 3.39. The number of phenols is 1. The molecule has 2 rings (SSSR count). The van der Waals surface area contributed by atoms with E-state index in [1.54, 1.807) is 18.2 Å². The van der Waals surface area contributed by atoms with Crippen molar-refractivity contribution < 1.29 is 9.50 Å². The fourth-order valence-electron chi connectivity index (χ4n) is 2.02. The third kappa shape index (κ3) is 3.46. The van der Waals surface area contributed by atoms with Crippen LogP contribution >= 0.6 is 11.6 Å². The maximum Gasteiger partial charge on any atom is 0.124 e. The molecule has 0 spiro atoms. The molecule has 2 aromatic carbocycles. The van der Waals surface area contributed by atoms with E-state index in [0.29, 0.717) is 11.4 Å². The molecule has 0 aromatic heterocycles. The molecule has 100 valence electrons. The number of phenolic OH excluding ortho intramolecular Hbond substituents is 1. The summed E-state index contributed by atoms with van der Waals surface area (Å²) < 4.78 is 13.1. The summed E-state index contributed by atoms with van der Waals surface area (Å²) in [7, 11) is 1.84. The number of benzene rings is 2.